The maximum atomic E-state index is 4.36. The number of nitrogens with zero attached hydrogens (tertiary/aromatic N) is 2. The van der Waals surface area contributed by atoms with E-state index in [0.717, 1.165) is 18.0 Å². The molecule has 1 aromatic heterocycles. The molecule has 0 saturated carbocycles. The normalized spacial score (nSPS) is 14.4. The number of hydrogen-bond donors (Lipinski definition) is 1. The van der Waals surface area contributed by atoms with Crippen LogP contribution in [0, 0.1) is 0 Å². The Morgan fingerprint density at radius 1 is 1.22 bits per heavy atom. The fourth-order valence-electron chi connectivity index (χ4n) is 2.01. The summed E-state index contributed by atoms with van der Waals surface area (Å²) in [4.78, 5) is 8.50. The predicted molar refractivity (Wildman–Crippen MR) is 79.0 cm³/mol. The Hall–Kier alpha value is -0.610. The van der Waals surface area contributed by atoms with Gasteiger partial charge in [-0.15, -0.1) is 0 Å². The van der Waals surface area contributed by atoms with Gasteiger partial charge in [0.2, 0.25) is 0 Å². The molecule has 0 spiro atoms. The van der Waals surface area contributed by atoms with Gasteiger partial charge in [-0.25, -0.2) is 4.98 Å². The zero-order chi connectivity index (χ0) is 13.2. The molecule has 1 N–H and O–H groups in total. The molecule has 102 valence electrons. The molecule has 0 bridgehead atoms. The average Bonchev–Trinajstić information content (AvgIpc) is 2.42. The van der Waals surface area contributed by atoms with Crippen molar-refractivity contribution in [3.8, 4) is 0 Å². The van der Waals surface area contributed by atoms with Crippen LogP contribution in [0.1, 0.15) is 46.5 Å². The van der Waals surface area contributed by atoms with Crippen LogP contribution in [-0.2, 0) is 0 Å². The quantitative estimate of drug-likeness (QED) is 0.695. The van der Waals surface area contributed by atoms with Crippen molar-refractivity contribution in [3.05, 3.63) is 18.6 Å². The average molecular weight is 267 g/mol. The van der Waals surface area contributed by atoms with Gasteiger partial charge >= 0.3 is 0 Å². The summed E-state index contributed by atoms with van der Waals surface area (Å²) < 4.78 is 0. The minimum absolute atomic E-state index is 0.576. The monoisotopic (exact) mass is 267 g/mol. The van der Waals surface area contributed by atoms with E-state index in [1.54, 1.807) is 12.4 Å². The summed E-state index contributed by atoms with van der Waals surface area (Å²) in [5.41, 5.74) is 0. The number of thioether (sulfide) groups is 1. The highest BCUT2D eigenvalue weighted by molar-refractivity contribution is 7.99. The third-order valence-corrected chi connectivity index (χ3v) is 4.34. The third kappa shape index (κ3) is 5.36. The largest absolute Gasteiger partial charge is 0.313 e. The fraction of sp³-hybridized carbons (Fsp3) is 0.714. The summed E-state index contributed by atoms with van der Waals surface area (Å²) >= 11 is 1.85. The van der Waals surface area contributed by atoms with Gasteiger partial charge in [0.05, 0.1) is 6.20 Å². The van der Waals surface area contributed by atoms with Gasteiger partial charge < -0.3 is 5.32 Å². The first-order valence-corrected chi connectivity index (χ1v) is 7.85. The lowest BCUT2D eigenvalue weighted by atomic mass is 10.1. The number of hydrogen-bond acceptors (Lipinski definition) is 4. The molecule has 0 aromatic carbocycles. The molecule has 0 amide bonds. The van der Waals surface area contributed by atoms with Crippen molar-refractivity contribution in [1.29, 1.82) is 0 Å². The second-order valence-electron chi connectivity index (χ2n) is 4.46. The van der Waals surface area contributed by atoms with Crippen LogP contribution in [0.3, 0.4) is 0 Å². The standard InChI is InChI=1S/C14H25N3S/c1-4-7-12(16-8-5-2)13(6-3)18-14-11-15-9-10-17-14/h9-13,16H,4-8H2,1-3H3. The van der Waals surface area contributed by atoms with E-state index in [9.17, 15) is 0 Å². The second kappa shape index (κ2) is 9.34. The third-order valence-electron chi connectivity index (χ3n) is 2.92. The van der Waals surface area contributed by atoms with Crippen molar-refractivity contribution in [2.45, 2.75) is 62.8 Å². The van der Waals surface area contributed by atoms with Gasteiger partial charge in [0, 0.05) is 23.7 Å². The zero-order valence-corrected chi connectivity index (χ0v) is 12.5. The molecule has 0 fully saturated rings. The van der Waals surface area contributed by atoms with Crippen LogP contribution < -0.4 is 5.32 Å². The van der Waals surface area contributed by atoms with Crippen molar-refractivity contribution in [1.82, 2.24) is 15.3 Å². The topological polar surface area (TPSA) is 37.8 Å². The van der Waals surface area contributed by atoms with Crippen molar-refractivity contribution >= 4 is 11.8 Å². The summed E-state index contributed by atoms with van der Waals surface area (Å²) in [5.74, 6) is 0. The molecule has 2 unspecified atom stereocenters. The Labute approximate surface area is 115 Å². The van der Waals surface area contributed by atoms with E-state index in [2.05, 4.69) is 36.1 Å². The molecule has 0 radical (unpaired) electrons. The predicted octanol–water partition coefficient (Wildman–Crippen LogP) is 3.52. The minimum atomic E-state index is 0.576. The van der Waals surface area contributed by atoms with E-state index in [1.807, 2.05) is 18.0 Å². The van der Waals surface area contributed by atoms with Crippen molar-refractivity contribution < 1.29 is 0 Å². The molecule has 0 aliphatic carbocycles. The first-order chi connectivity index (χ1) is 8.81. The number of aromatic nitrogens is 2. The molecule has 3 nitrogen and oxygen atoms in total. The van der Waals surface area contributed by atoms with Crippen LogP contribution in [0.4, 0.5) is 0 Å². The van der Waals surface area contributed by atoms with Gasteiger partial charge in [0.15, 0.2) is 0 Å². The fourth-order valence-corrected chi connectivity index (χ4v) is 3.13. The highest BCUT2D eigenvalue weighted by Gasteiger charge is 2.20. The van der Waals surface area contributed by atoms with E-state index >= 15 is 0 Å². The van der Waals surface area contributed by atoms with Crippen LogP contribution in [0.25, 0.3) is 0 Å². The summed E-state index contributed by atoms with van der Waals surface area (Å²) in [6.45, 7) is 7.82. The van der Waals surface area contributed by atoms with Gasteiger partial charge in [0.25, 0.3) is 0 Å². The molecule has 0 aliphatic rings. The zero-order valence-electron chi connectivity index (χ0n) is 11.7. The molecular formula is C14H25N3S. The highest BCUT2D eigenvalue weighted by Crippen LogP contribution is 2.27. The van der Waals surface area contributed by atoms with Gasteiger partial charge in [-0.05, 0) is 25.8 Å². The molecule has 0 saturated heterocycles. The summed E-state index contributed by atoms with van der Waals surface area (Å²) in [5, 5.41) is 5.28. The molecule has 2 atom stereocenters. The Bertz CT molecular complexity index is 305. The Balaban J connectivity index is 2.60. The van der Waals surface area contributed by atoms with Crippen LogP contribution in [0.5, 0.6) is 0 Å². The van der Waals surface area contributed by atoms with Gasteiger partial charge in [-0.2, -0.15) is 0 Å². The van der Waals surface area contributed by atoms with E-state index in [-0.39, 0.29) is 0 Å². The van der Waals surface area contributed by atoms with E-state index in [4.69, 9.17) is 0 Å². The van der Waals surface area contributed by atoms with Gasteiger partial charge in [-0.1, -0.05) is 39.0 Å². The lowest BCUT2D eigenvalue weighted by Gasteiger charge is -2.26. The van der Waals surface area contributed by atoms with Crippen LogP contribution in [0.2, 0.25) is 0 Å². The maximum Gasteiger partial charge on any atom is 0.115 e. The first-order valence-electron chi connectivity index (χ1n) is 6.97. The van der Waals surface area contributed by atoms with E-state index < -0.39 is 0 Å². The van der Waals surface area contributed by atoms with Crippen molar-refractivity contribution in [2.24, 2.45) is 0 Å². The Morgan fingerprint density at radius 2 is 2.06 bits per heavy atom. The van der Waals surface area contributed by atoms with Crippen molar-refractivity contribution in [2.75, 3.05) is 6.54 Å². The van der Waals surface area contributed by atoms with E-state index in [1.165, 1.54) is 19.3 Å². The summed E-state index contributed by atoms with van der Waals surface area (Å²) in [6.07, 6.45) is 10.1. The Kier molecular flexibility index (Phi) is 8.01. The van der Waals surface area contributed by atoms with Crippen LogP contribution in [-0.4, -0.2) is 27.8 Å². The van der Waals surface area contributed by atoms with Crippen LogP contribution >= 0.6 is 11.8 Å². The number of nitrogens with one attached hydrogen (secondary N) is 1. The van der Waals surface area contributed by atoms with Crippen molar-refractivity contribution in [3.63, 3.8) is 0 Å². The molecule has 4 heteroatoms. The summed E-state index contributed by atoms with van der Waals surface area (Å²) in [7, 11) is 0. The summed E-state index contributed by atoms with van der Waals surface area (Å²) in [6, 6.07) is 0.576. The van der Waals surface area contributed by atoms with Crippen LogP contribution in [0.15, 0.2) is 23.6 Å². The molecule has 1 rings (SSSR count). The number of rotatable bonds is 9. The molecule has 0 aliphatic heterocycles. The lowest BCUT2D eigenvalue weighted by molar-refractivity contribution is 0.454. The SMILES string of the molecule is CCCNC(CCC)C(CC)Sc1cnccn1. The maximum absolute atomic E-state index is 4.36. The van der Waals surface area contributed by atoms with E-state index in [0.29, 0.717) is 11.3 Å². The lowest BCUT2D eigenvalue weighted by Crippen LogP contribution is -2.38. The first kappa shape index (κ1) is 15.4. The highest BCUT2D eigenvalue weighted by atomic mass is 32.2. The molecule has 1 aromatic rings. The second-order valence-corrected chi connectivity index (χ2v) is 5.72. The Morgan fingerprint density at radius 3 is 2.61 bits per heavy atom. The van der Waals surface area contributed by atoms with Gasteiger partial charge in [0.1, 0.15) is 5.03 Å². The molecule has 18 heavy (non-hydrogen) atoms. The van der Waals surface area contributed by atoms with Gasteiger partial charge in [-0.3, -0.25) is 4.98 Å². The molecule has 1 heterocycles. The minimum Gasteiger partial charge on any atom is -0.313 e. The molecular weight excluding hydrogens is 242 g/mol. The smallest absolute Gasteiger partial charge is 0.115 e.